The fourth-order valence-corrected chi connectivity index (χ4v) is 2.92. The molecule has 0 atom stereocenters. The van der Waals surface area contributed by atoms with Crippen LogP contribution < -0.4 is 21.1 Å². The third kappa shape index (κ3) is 5.47. The molecule has 23 heavy (non-hydrogen) atoms. The molecule has 2 rings (SSSR count). The zero-order chi connectivity index (χ0) is 16.7. The standard InChI is InChI=1S/C17H25N3O3/c1-23-15-8-7-13(10-14(15)18)20-17(22)11-19-16(21)9-12-5-3-2-4-6-12/h7-8,10,12H,2-6,9,11,18H2,1H3,(H,19,21)(H,20,22). The Labute approximate surface area is 136 Å². The van der Waals surface area contributed by atoms with Crippen molar-refractivity contribution in [1.82, 2.24) is 5.32 Å². The Morgan fingerprint density at radius 2 is 1.96 bits per heavy atom. The monoisotopic (exact) mass is 319 g/mol. The summed E-state index contributed by atoms with van der Waals surface area (Å²) < 4.78 is 5.06. The lowest BCUT2D eigenvalue weighted by Crippen LogP contribution is -2.34. The van der Waals surface area contributed by atoms with E-state index in [1.165, 1.54) is 26.4 Å². The Hall–Kier alpha value is -2.24. The number of benzene rings is 1. The molecule has 126 valence electrons. The minimum atomic E-state index is -0.272. The second-order valence-corrected chi connectivity index (χ2v) is 5.99. The van der Waals surface area contributed by atoms with E-state index in [-0.39, 0.29) is 18.4 Å². The number of ether oxygens (including phenoxy) is 1. The first-order valence-electron chi connectivity index (χ1n) is 8.08. The zero-order valence-corrected chi connectivity index (χ0v) is 13.6. The van der Waals surface area contributed by atoms with Gasteiger partial charge in [-0.1, -0.05) is 19.3 Å². The van der Waals surface area contributed by atoms with Crippen molar-refractivity contribution in [2.24, 2.45) is 5.92 Å². The van der Waals surface area contributed by atoms with Crippen LogP contribution in [0.2, 0.25) is 0 Å². The third-order valence-corrected chi connectivity index (χ3v) is 4.16. The first kappa shape index (κ1) is 17.1. The summed E-state index contributed by atoms with van der Waals surface area (Å²) in [5.41, 5.74) is 6.82. The van der Waals surface area contributed by atoms with Crippen LogP contribution in [-0.2, 0) is 9.59 Å². The fourth-order valence-electron chi connectivity index (χ4n) is 2.92. The molecule has 0 aliphatic heterocycles. The molecule has 0 radical (unpaired) electrons. The van der Waals surface area contributed by atoms with Crippen molar-refractivity contribution >= 4 is 23.2 Å². The molecule has 1 fully saturated rings. The van der Waals surface area contributed by atoms with Crippen LogP contribution >= 0.6 is 0 Å². The van der Waals surface area contributed by atoms with E-state index >= 15 is 0 Å². The van der Waals surface area contributed by atoms with Gasteiger partial charge in [0.05, 0.1) is 19.3 Å². The van der Waals surface area contributed by atoms with Crippen LogP contribution in [0.1, 0.15) is 38.5 Å². The summed E-state index contributed by atoms with van der Waals surface area (Å²) in [6, 6.07) is 5.02. The molecule has 6 heteroatoms. The molecular formula is C17H25N3O3. The van der Waals surface area contributed by atoms with Gasteiger partial charge in [0.25, 0.3) is 0 Å². The average Bonchev–Trinajstić information content (AvgIpc) is 2.54. The van der Waals surface area contributed by atoms with Crippen molar-refractivity contribution in [3.8, 4) is 5.75 Å². The van der Waals surface area contributed by atoms with Gasteiger partial charge >= 0.3 is 0 Å². The van der Waals surface area contributed by atoms with Crippen molar-refractivity contribution in [3.63, 3.8) is 0 Å². The zero-order valence-electron chi connectivity index (χ0n) is 13.6. The summed E-state index contributed by atoms with van der Waals surface area (Å²) in [4.78, 5) is 23.8. The van der Waals surface area contributed by atoms with E-state index in [9.17, 15) is 9.59 Å². The van der Waals surface area contributed by atoms with E-state index < -0.39 is 0 Å². The van der Waals surface area contributed by atoms with Crippen LogP contribution in [0.25, 0.3) is 0 Å². The van der Waals surface area contributed by atoms with Crippen LogP contribution in [0.3, 0.4) is 0 Å². The maximum atomic E-state index is 11.9. The highest BCUT2D eigenvalue weighted by molar-refractivity contribution is 5.95. The van der Waals surface area contributed by atoms with Crippen LogP contribution in [0, 0.1) is 5.92 Å². The quantitative estimate of drug-likeness (QED) is 0.701. The highest BCUT2D eigenvalue weighted by Gasteiger charge is 2.17. The van der Waals surface area contributed by atoms with Gasteiger partial charge in [0.1, 0.15) is 5.75 Å². The van der Waals surface area contributed by atoms with Crippen molar-refractivity contribution < 1.29 is 14.3 Å². The number of anilines is 2. The minimum Gasteiger partial charge on any atom is -0.495 e. The number of nitrogens with one attached hydrogen (secondary N) is 2. The highest BCUT2D eigenvalue weighted by atomic mass is 16.5. The Balaban J connectivity index is 1.73. The predicted octanol–water partition coefficient (Wildman–Crippen LogP) is 2.30. The number of amides is 2. The van der Waals surface area contributed by atoms with Crippen molar-refractivity contribution in [3.05, 3.63) is 18.2 Å². The maximum absolute atomic E-state index is 11.9. The van der Waals surface area contributed by atoms with Gasteiger partial charge in [-0.2, -0.15) is 0 Å². The number of methoxy groups -OCH3 is 1. The summed E-state index contributed by atoms with van der Waals surface area (Å²) in [5, 5.41) is 5.38. The minimum absolute atomic E-state index is 0.0303. The number of rotatable bonds is 6. The van der Waals surface area contributed by atoms with E-state index in [4.69, 9.17) is 10.5 Å². The van der Waals surface area contributed by atoms with Crippen molar-refractivity contribution in [2.75, 3.05) is 24.7 Å². The maximum Gasteiger partial charge on any atom is 0.243 e. The molecule has 0 aromatic heterocycles. The summed E-state index contributed by atoms with van der Waals surface area (Å²) in [6.07, 6.45) is 6.43. The molecule has 0 bridgehead atoms. The fraction of sp³-hybridized carbons (Fsp3) is 0.529. The van der Waals surface area contributed by atoms with Gasteiger partial charge in [-0.25, -0.2) is 0 Å². The molecule has 1 saturated carbocycles. The number of nitrogens with two attached hydrogens (primary N) is 1. The molecule has 0 spiro atoms. The predicted molar refractivity (Wildman–Crippen MR) is 90.2 cm³/mol. The Morgan fingerprint density at radius 3 is 2.61 bits per heavy atom. The molecule has 1 aliphatic rings. The van der Waals surface area contributed by atoms with Gasteiger partial charge < -0.3 is 21.1 Å². The Bertz CT molecular complexity index is 554. The van der Waals surface area contributed by atoms with Gasteiger partial charge in [0.15, 0.2) is 0 Å². The average molecular weight is 319 g/mol. The molecule has 0 heterocycles. The topological polar surface area (TPSA) is 93.5 Å². The summed E-state index contributed by atoms with van der Waals surface area (Å²) in [5.74, 6) is 0.699. The summed E-state index contributed by atoms with van der Waals surface area (Å²) in [7, 11) is 1.53. The molecule has 6 nitrogen and oxygen atoms in total. The molecular weight excluding hydrogens is 294 g/mol. The van der Waals surface area contributed by atoms with Crippen LogP contribution in [-0.4, -0.2) is 25.5 Å². The lowest BCUT2D eigenvalue weighted by atomic mass is 9.87. The lowest BCUT2D eigenvalue weighted by Gasteiger charge is -2.20. The molecule has 0 unspecified atom stereocenters. The molecule has 2 amide bonds. The number of carbonyl (C=O) groups is 2. The van der Waals surface area contributed by atoms with E-state index in [0.29, 0.717) is 29.5 Å². The number of hydrogen-bond acceptors (Lipinski definition) is 4. The summed E-state index contributed by atoms with van der Waals surface area (Å²) in [6.45, 7) is -0.0303. The molecule has 1 aromatic rings. The van der Waals surface area contributed by atoms with Crippen LogP contribution in [0.4, 0.5) is 11.4 Å². The van der Waals surface area contributed by atoms with Crippen molar-refractivity contribution in [1.29, 1.82) is 0 Å². The van der Waals surface area contributed by atoms with Crippen LogP contribution in [0.15, 0.2) is 18.2 Å². The first-order chi connectivity index (χ1) is 11.1. The van der Waals surface area contributed by atoms with E-state index in [1.807, 2.05) is 0 Å². The number of hydrogen-bond donors (Lipinski definition) is 3. The largest absolute Gasteiger partial charge is 0.495 e. The Kier molecular flexibility index (Phi) is 6.26. The number of nitrogen functional groups attached to an aromatic ring is 1. The lowest BCUT2D eigenvalue weighted by molar-refractivity contribution is -0.125. The second kappa shape index (κ2) is 8.41. The first-order valence-corrected chi connectivity index (χ1v) is 8.08. The highest BCUT2D eigenvalue weighted by Crippen LogP contribution is 2.26. The smallest absolute Gasteiger partial charge is 0.243 e. The normalized spacial score (nSPS) is 15.0. The molecule has 1 aliphatic carbocycles. The van der Waals surface area contributed by atoms with E-state index in [2.05, 4.69) is 10.6 Å². The Morgan fingerprint density at radius 1 is 1.22 bits per heavy atom. The van der Waals surface area contributed by atoms with Gasteiger partial charge in [-0.3, -0.25) is 9.59 Å². The van der Waals surface area contributed by atoms with Gasteiger partial charge in [0.2, 0.25) is 11.8 Å². The van der Waals surface area contributed by atoms with Gasteiger partial charge in [-0.05, 0) is 37.0 Å². The second-order valence-electron chi connectivity index (χ2n) is 5.99. The molecule has 1 aromatic carbocycles. The van der Waals surface area contributed by atoms with E-state index in [1.54, 1.807) is 18.2 Å². The van der Waals surface area contributed by atoms with E-state index in [0.717, 1.165) is 12.8 Å². The SMILES string of the molecule is COc1ccc(NC(=O)CNC(=O)CC2CCCCC2)cc1N. The summed E-state index contributed by atoms with van der Waals surface area (Å²) >= 11 is 0. The third-order valence-electron chi connectivity index (χ3n) is 4.16. The molecule has 4 N–H and O–H groups in total. The van der Waals surface area contributed by atoms with Crippen molar-refractivity contribution in [2.45, 2.75) is 38.5 Å². The molecule has 0 saturated heterocycles. The van der Waals surface area contributed by atoms with Gasteiger partial charge in [-0.15, -0.1) is 0 Å². The van der Waals surface area contributed by atoms with Crippen LogP contribution in [0.5, 0.6) is 5.75 Å². The van der Waals surface area contributed by atoms with Gasteiger partial charge in [0, 0.05) is 12.1 Å². The number of carbonyl (C=O) groups excluding carboxylic acids is 2.